The average Bonchev–Trinajstić information content (AvgIpc) is 2.93. The van der Waals surface area contributed by atoms with Crippen LogP contribution in [0.3, 0.4) is 0 Å². The zero-order valence-corrected chi connectivity index (χ0v) is 13.6. The summed E-state index contributed by atoms with van der Waals surface area (Å²) in [7, 11) is 2.13. The van der Waals surface area contributed by atoms with E-state index in [0.29, 0.717) is 19.0 Å². The second-order valence-electron chi connectivity index (χ2n) is 7.10. The molecule has 0 unspecified atom stereocenters. The number of carbonyl (C=O) groups excluding carboxylic acids is 2. The fourth-order valence-electron chi connectivity index (χ4n) is 4.11. The summed E-state index contributed by atoms with van der Waals surface area (Å²) in [5.74, 6) is 0.137. The molecule has 3 rings (SSSR count). The van der Waals surface area contributed by atoms with E-state index >= 15 is 0 Å². The van der Waals surface area contributed by atoms with Gasteiger partial charge in [-0.2, -0.15) is 0 Å². The molecule has 1 aliphatic carbocycles. The number of rotatable bonds is 1. The summed E-state index contributed by atoms with van der Waals surface area (Å²) < 4.78 is 0. The summed E-state index contributed by atoms with van der Waals surface area (Å²) >= 11 is 0. The highest BCUT2D eigenvalue weighted by atomic mass is 16.2. The van der Waals surface area contributed by atoms with Gasteiger partial charge in [-0.3, -0.25) is 9.69 Å². The van der Waals surface area contributed by atoms with E-state index in [1.807, 2.05) is 4.90 Å². The first-order valence-corrected chi connectivity index (χ1v) is 8.62. The van der Waals surface area contributed by atoms with Crippen molar-refractivity contribution in [3.8, 4) is 0 Å². The molecule has 6 heteroatoms. The van der Waals surface area contributed by atoms with Gasteiger partial charge in [0.1, 0.15) is 0 Å². The molecule has 3 fully saturated rings. The molecule has 1 spiro atoms. The minimum absolute atomic E-state index is 0.0512. The number of hydrogen-bond donors (Lipinski definition) is 2. The topological polar surface area (TPSA) is 64.7 Å². The predicted octanol–water partition coefficient (Wildman–Crippen LogP) is 0.925. The summed E-state index contributed by atoms with van der Waals surface area (Å²) in [6, 6.07) is 0.448. The van der Waals surface area contributed by atoms with Gasteiger partial charge in [0, 0.05) is 44.2 Å². The number of nitrogens with one attached hydrogen (secondary N) is 2. The molecule has 22 heavy (non-hydrogen) atoms. The third-order valence-electron chi connectivity index (χ3n) is 5.70. The minimum Gasteiger partial charge on any atom is -0.356 e. The Kier molecular flexibility index (Phi) is 4.57. The van der Waals surface area contributed by atoms with E-state index in [1.165, 1.54) is 12.8 Å². The van der Waals surface area contributed by atoms with Gasteiger partial charge < -0.3 is 15.5 Å². The normalized spacial score (nSPS) is 31.1. The van der Waals surface area contributed by atoms with Crippen LogP contribution in [0, 0.1) is 0 Å². The number of hydrogen-bond acceptors (Lipinski definition) is 3. The Morgan fingerprint density at radius 1 is 1.27 bits per heavy atom. The van der Waals surface area contributed by atoms with Crippen molar-refractivity contribution < 1.29 is 9.59 Å². The van der Waals surface area contributed by atoms with Crippen molar-refractivity contribution in [2.45, 2.75) is 56.5 Å². The zero-order chi connectivity index (χ0) is 15.6. The van der Waals surface area contributed by atoms with Gasteiger partial charge in [0.25, 0.3) is 0 Å². The highest BCUT2D eigenvalue weighted by Gasteiger charge is 2.42. The SMILES string of the molecule is CN1CCN(C(=O)NC2CCCC2)C[C@@]12CCNC(=O)CC2. The van der Waals surface area contributed by atoms with Gasteiger partial charge in [-0.05, 0) is 32.7 Å². The van der Waals surface area contributed by atoms with Crippen molar-refractivity contribution in [2.24, 2.45) is 0 Å². The maximum atomic E-state index is 12.6. The van der Waals surface area contributed by atoms with Crippen molar-refractivity contribution in [2.75, 3.05) is 33.2 Å². The van der Waals surface area contributed by atoms with Crippen LogP contribution in [-0.4, -0.2) is 66.5 Å². The maximum absolute atomic E-state index is 12.6. The Bertz CT molecular complexity index is 436. The maximum Gasteiger partial charge on any atom is 0.317 e. The molecule has 1 atom stereocenters. The molecule has 124 valence electrons. The van der Waals surface area contributed by atoms with Crippen LogP contribution in [0.4, 0.5) is 4.79 Å². The molecule has 1 saturated carbocycles. The lowest BCUT2D eigenvalue weighted by molar-refractivity contribution is -0.121. The average molecular weight is 308 g/mol. The predicted molar refractivity (Wildman–Crippen MR) is 84.6 cm³/mol. The number of amides is 3. The monoisotopic (exact) mass is 308 g/mol. The Hall–Kier alpha value is -1.30. The van der Waals surface area contributed by atoms with Gasteiger partial charge in [-0.25, -0.2) is 4.79 Å². The van der Waals surface area contributed by atoms with Gasteiger partial charge in [0.2, 0.25) is 5.91 Å². The lowest BCUT2D eigenvalue weighted by atomic mass is 9.86. The molecule has 2 N–H and O–H groups in total. The molecule has 0 aromatic carbocycles. The van der Waals surface area contributed by atoms with E-state index in [1.54, 1.807) is 0 Å². The third-order valence-corrected chi connectivity index (χ3v) is 5.70. The van der Waals surface area contributed by atoms with Crippen molar-refractivity contribution >= 4 is 11.9 Å². The van der Waals surface area contributed by atoms with Crippen molar-refractivity contribution in [3.05, 3.63) is 0 Å². The lowest BCUT2D eigenvalue weighted by Gasteiger charge is -2.49. The highest BCUT2D eigenvalue weighted by Crippen LogP contribution is 2.30. The molecule has 0 aromatic rings. The van der Waals surface area contributed by atoms with Crippen molar-refractivity contribution in [1.82, 2.24) is 20.4 Å². The fourth-order valence-corrected chi connectivity index (χ4v) is 4.11. The van der Waals surface area contributed by atoms with Gasteiger partial charge in [-0.1, -0.05) is 12.8 Å². The molecule has 2 heterocycles. The fraction of sp³-hybridized carbons (Fsp3) is 0.875. The molecule has 0 bridgehead atoms. The number of urea groups is 1. The standard InChI is InChI=1S/C16H28N4O2/c1-19-10-11-20(15(22)18-13-4-2-3-5-13)12-16(19)7-6-14(21)17-9-8-16/h13H,2-12H2,1H3,(H,17,21)(H,18,22)/t16-/m1/s1. The molecule has 0 radical (unpaired) electrons. The Labute approximate surface area is 132 Å². The van der Waals surface area contributed by atoms with Crippen LogP contribution in [0.15, 0.2) is 0 Å². The van der Waals surface area contributed by atoms with E-state index in [-0.39, 0.29) is 17.5 Å². The Morgan fingerprint density at radius 3 is 2.82 bits per heavy atom. The van der Waals surface area contributed by atoms with Crippen molar-refractivity contribution in [1.29, 1.82) is 0 Å². The van der Waals surface area contributed by atoms with Crippen LogP contribution in [0.1, 0.15) is 44.9 Å². The number of likely N-dealkylation sites (N-methyl/N-ethyl adjacent to an activating group) is 1. The lowest BCUT2D eigenvalue weighted by Crippen LogP contribution is -2.63. The summed E-state index contributed by atoms with van der Waals surface area (Å²) in [6.07, 6.45) is 7.00. The minimum atomic E-state index is -0.0512. The van der Waals surface area contributed by atoms with Crippen molar-refractivity contribution in [3.63, 3.8) is 0 Å². The van der Waals surface area contributed by atoms with Crippen LogP contribution in [0.2, 0.25) is 0 Å². The van der Waals surface area contributed by atoms with Gasteiger partial charge >= 0.3 is 6.03 Å². The molecule has 2 aliphatic heterocycles. The molecule has 3 aliphatic rings. The van der Waals surface area contributed by atoms with E-state index in [0.717, 1.165) is 45.3 Å². The molecule has 3 amide bonds. The smallest absolute Gasteiger partial charge is 0.317 e. The van der Waals surface area contributed by atoms with E-state index in [2.05, 4.69) is 22.6 Å². The number of nitrogens with zero attached hydrogens (tertiary/aromatic N) is 2. The van der Waals surface area contributed by atoms with Crippen LogP contribution in [-0.2, 0) is 4.79 Å². The number of carbonyl (C=O) groups is 2. The largest absolute Gasteiger partial charge is 0.356 e. The zero-order valence-electron chi connectivity index (χ0n) is 13.6. The van der Waals surface area contributed by atoms with Gasteiger partial charge in [0.05, 0.1) is 0 Å². The second kappa shape index (κ2) is 6.44. The first kappa shape index (κ1) is 15.6. The summed E-state index contributed by atoms with van der Waals surface area (Å²) in [5.41, 5.74) is -0.0512. The van der Waals surface area contributed by atoms with Crippen LogP contribution in [0.25, 0.3) is 0 Å². The second-order valence-corrected chi connectivity index (χ2v) is 7.10. The Morgan fingerprint density at radius 2 is 2.05 bits per heavy atom. The van der Waals surface area contributed by atoms with Crippen LogP contribution >= 0.6 is 0 Å². The molecule has 0 aromatic heterocycles. The van der Waals surface area contributed by atoms with Crippen LogP contribution in [0.5, 0.6) is 0 Å². The first-order valence-electron chi connectivity index (χ1n) is 8.62. The van der Waals surface area contributed by atoms with E-state index < -0.39 is 0 Å². The quantitative estimate of drug-likeness (QED) is 0.757. The number of piperazine rings is 1. The van der Waals surface area contributed by atoms with E-state index in [4.69, 9.17) is 0 Å². The summed E-state index contributed by atoms with van der Waals surface area (Å²) in [6.45, 7) is 3.10. The van der Waals surface area contributed by atoms with Crippen LogP contribution < -0.4 is 10.6 Å². The van der Waals surface area contributed by atoms with Gasteiger partial charge in [-0.15, -0.1) is 0 Å². The summed E-state index contributed by atoms with van der Waals surface area (Å²) in [5, 5.41) is 6.15. The molecule has 2 saturated heterocycles. The highest BCUT2D eigenvalue weighted by molar-refractivity contribution is 5.77. The third kappa shape index (κ3) is 3.21. The van der Waals surface area contributed by atoms with E-state index in [9.17, 15) is 9.59 Å². The summed E-state index contributed by atoms with van der Waals surface area (Å²) in [4.78, 5) is 28.5. The Balaban J connectivity index is 1.64. The molecular formula is C16H28N4O2. The molecular weight excluding hydrogens is 280 g/mol. The first-order chi connectivity index (χ1) is 10.6. The molecule has 6 nitrogen and oxygen atoms in total. The van der Waals surface area contributed by atoms with Gasteiger partial charge in [0.15, 0.2) is 0 Å².